The average Bonchev–Trinajstić information content (AvgIpc) is 3.16. The van der Waals surface area contributed by atoms with Crippen molar-refractivity contribution in [2.75, 3.05) is 0 Å². The molecule has 2 heterocycles. The molecule has 0 saturated heterocycles. The maximum absolute atomic E-state index is 12.3. The van der Waals surface area contributed by atoms with Crippen molar-refractivity contribution in [1.29, 1.82) is 5.26 Å². The molecule has 0 N–H and O–H groups in total. The Morgan fingerprint density at radius 3 is 2.72 bits per heavy atom. The molecule has 1 aliphatic carbocycles. The zero-order valence-corrected chi connectivity index (χ0v) is 14.7. The number of ether oxygens (including phenoxy) is 1. The molecule has 0 atom stereocenters. The summed E-state index contributed by atoms with van der Waals surface area (Å²) < 4.78 is 5.69. The fourth-order valence-electron chi connectivity index (χ4n) is 3.14. The Morgan fingerprint density at radius 2 is 1.96 bits per heavy atom. The number of hydrogen-bond donors (Lipinski definition) is 0. The molecule has 4 rings (SSSR count). The molecular formula is C20H16N2O2S. The van der Waals surface area contributed by atoms with E-state index in [4.69, 9.17) is 4.74 Å². The van der Waals surface area contributed by atoms with Gasteiger partial charge in [-0.05, 0) is 38.2 Å². The lowest BCUT2D eigenvalue weighted by Gasteiger charge is -2.09. The Bertz CT molecular complexity index is 959. The van der Waals surface area contributed by atoms with Crippen LogP contribution in [0.3, 0.4) is 0 Å². The van der Waals surface area contributed by atoms with Crippen molar-refractivity contribution in [2.45, 2.75) is 32.6 Å². The number of ketones is 1. The number of aryl methyl sites for hydroxylation is 2. The van der Waals surface area contributed by atoms with Gasteiger partial charge in [-0.1, -0.05) is 29.8 Å². The molecule has 1 aliphatic heterocycles. The maximum atomic E-state index is 12.3. The average molecular weight is 348 g/mol. The molecule has 0 bridgehead atoms. The van der Waals surface area contributed by atoms with Crippen LogP contribution in [0.15, 0.2) is 35.3 Å². The second kappa shape index (κ2) is 6.30. The van der Waals surface area contributed by atoms with Crippen molar-refractivity contribution in [3.63, 3.8) is 0 Å². The molecule has 0 spiro atoms. The zero-order chi connectivity index (χ0) is 17.4. The Morgan fingerprint density at radius 1 is 1.20 bits per heavy atom. The monoisotopic (exact) mass is 348 g/mol. The first-order valence-electron chi connectivity index (χ1n) is 8.30. The molecule has 0 unspecified atom stereocenters. The number of benzene rings is 1. The summed E-state index contributed by atoms with van der Waals surface area (Å²) in [7, 11) is 0. The topological polar surface area (TPSA) is 62.5 Å². The lowest BCUT2D eigenvalue weighted by molar-refractivity contribution is -0.109. The molecule has 0 fully saturated rings. The molecule has 1 aromatic carbocycles. The summed E-state index contributed by atoms with van der Waals surface area (Å²) in [6.07, 6.45) is 5.61. The van der Waals surface area contributed by atoms with Gasteiger partial charge in [0.25, 0.3) is 5.90 Å². The molecule has 0 amide bonds. The van der Waals surface area contributed by atoms with E-state index < -0.39 is 0 Å². The van der Waals surface area contributed by atoms with Crippen LogP contribution in [-0.2, 0) is 22.4 Å². The number of rotatable bonds is 2. The maximum Gasteiger partial charge on any atom is 0.269 e. The summed E-state index contributed by atoms with van der Waals surface area (Å²) in [5.41, 5.74) is 3.70. The summed E-state index contributed by atoms with van der Waals surface area (Å²) in [6, 6.07) is 10.0. The number of nitrogens with zero attached hydrogens (tertiary/aromatic N) is 2. The fourth-order valence-corrected chi connectivity index (χ4v) is 4.35. The van der Waals surface area contributed by atoms with E-state index in [0.29, 0.717) is 16.3 Å². The Balaban J connectivity index is 1.66. The van der Waals surface area contributed by atoms with Gasteiger partial charge in [-0.25, -0.2) is 0 Å². The number of carbonyl (C=O) groups excluding carboxylic acids is 1. The molecule has 25 heavy (non-hydrogen) atoms. The van der Waals surface area contributed by atoms with Crippen LogP contribution in [0, 0.1) is 18.3 Å². The highest BCUT2D eigenvalue weighted by Gasteiger charge is 2.26. The number of fused-ring (bicyclic) bond motifs is 1. The van der Waals surface area contributed by atoms with Gasteiger partial charge < -0.3 is 4.74 Å². The van der Waals surface area contributed by atoms with Crippen LogP contribution in [0.4, 0.5) is 5.00 Å². The number of thiophene rings is 1. The first-order valence-corrected chi connectivity index (χ1v) is 9.11. The van der Waals surface area contributed by atoms with Crippen molar-refractivity contribution in [1.82, 2.24) is 0 Å². The first-order chi connectivity index (χ1) is 12.2. The van der Waals surface area contributed by atoms with E-state index in [9.17, 15) is 10.1 Å². The van der Waals surface area contributed by atoms with Gasteiger partial charge in [-0.3, -0.25) is 4.79 Å². The summed E-state index contributed by atoms with van der Waals surface area (Å²) >= 11 is 1.51. The van der Waals surface area contributed by atoms with Gasteiger partial charge in [0.2, 0.25) is 5.78 Å². The van der Waals surface area contributed by atoms with E-state index in [1.165, 1.54) is 22.3 Å². The lowest BCUT2D eigenvalue weighted by Crippen LogP contribution is -2.06. The van der Waals surface area contributed by atoms with E-state index in [1.807, 2.05) is 31.2 Å². The molecular weight excluding hydrogens is 332 g/mol. The van der Waals surface area contributed by atoms with E-state index in [1.54, 1.807) is 0 Å². The smallest absolute Gasteiger partial charge is 0.269 e. The highest BCUT2D eigenvalue weighted by molar-refractivity contribution is 7.16. The van der Waals surface area contributed by atoms with Gasteiger partial charge in [0, 0.05) is 16.5 Å². The van der Waals surface area contributed by atoms with Crippen LogP contribution in [-0.4, -0.2) is 11.7 Å². The normalized spacial score (nSPS) is 17.8. The predicted molar refractivity (Wildman–Crippen MR) is 98.0 cm³/mol. The van der Waals surface area contributed by atoms with Crippen LogP contribution >= 0.6 is 11.3 Å². The van der Waals surface area contributed by atoms with Gasteiger partial charge in [-0.15, -0.1) is 11.3 Å². The SMILES string of the molecule is Cc1ccc(C2=CC(=O)C(=Nc3sc4c(c3C#N)CCCC4)O2)cc1. The second-order valence-electron chi connectivity index (χ2n) is 6.26. The van der Waals surface area contributed by atoms with E-state index in [2.05, 4.69) is 11.1 Å². The summed E-state index contributed by atoms with van der Waals surface area (Å²) in [6.45, 7) is 2.01. The Kier molecular flexibility index (Phi) is 3.98. The van der Waals surface area contributed by atoms with Gasteiger partial charge in [0.1, 0.15) is 16.8 Å². The molecule has 2 aromatic rings. The quantitative estimate of drug-likeness (QED) is 0.804. The Hall–Kier alpha value is -2.71. The van der Waals surface area contributed by atoms with Crippen molar-refractivity contribution < 1.29 is 9.53 Å². The summed E-state index contributed by atoms with van der Waals surface area (Å²) in [5, 5.41) is 10.1. The molecule has 0 radical (unpaired) electrons. The van der Waals surface area contributed by atoms with Crippen molar-refractivity contribution in [3.05, 3.63) is 57.5 Å². The zero-order valence-electron chi connectivity index (χ0n) is 13.8. The number of carbonyl (C=O) groups is 1. The minimum Gasteiger partial charge on any atom is -0.435 e. The molecule has 5 heteroatoms. The third-order valence-corrected chi connectivity index (χ3v) is 5.67. The van der Waals surface area contributed by atoms with Crippen molar-refractivity contribution in [2.24, 2.45) is 4.99 Å². The highest BCUT2D eigenvalue weighted by Crippen LogP contribution is 2.40. The highest BCUT2D eigenvalue weighted by atomic mass is 32.1. The molecule has 1 aromatic heterocycles. The molecule has 2 aliphatic rings. The van der Waals surface area contributed by atoms with Gasteiger partial charge in [-0.2, -0.15) is 10.3 Å². The van der Waals surface area contributed by atoms with Crippen molar-refractivity contribution in [3.8, 4) is 6.07 Å². The van der Waals surface area contributed by atoms with E-state index in [0.717, 1.165) is 42.4 Å². The van der Waals surface area contributed by atoms with E-state index in [-0.39, 0.29) is 11.7 Å². The minimum atomic E-state index is -0.258. The van der Waals surface area contributed by atoms with Crippen molar-refractivity contribution >= 4 is 33.8 Å². The summed E-state index contributed by atoms with van der Waals surface area (Å²) in [5.74, 6) is 0.292. The van der Waals surface area contributed by atoms with Crippen LogP contribution < -0.4 is 0 Å². The number of nitriles is 1. The molecule has 0 saturated carbocycles. The van der Waals surface area contributed by atoms with E-state index >= 15 is 0 Å². The predicted octanol–water partition coefficient (Wildman–Crippen LogP) is 4.48. The molecule has 124 valence electrons. The standard InChI is InChI=1S/C20H16N2O2S/c1-12-6-8-13(9-7-12)17-10-16(23)19(24-17)22-20-15(11-21)14-4-2-3-5-18(14)25-20/h6-10H,2-5H2,1H3. The van der Waals surface area contributed by atoms with Crippen LogP contribution in [0.25, 0.3) is 5.76 Å². The van der Waals surface area contributed by atoms with Crippen LogP contribution in [0.2, 0.25) is 0 Å². The second-order valence-corrected chi connectivity index (χ2v) is 7.34. The largest absolute Gasteiger partial charge is 0.435 e. The minimum absolute atomic E-state index is 0.0469. The molecule has 4 nitrogen and oxygen atoms in total. The fraction of sp³-hybridized carbons (Fsp3) is 0.250. The lowest BCUT2D eigenvalue weighted by atomic mass is 9.96. The van der Waals surface area contributed by atoms with Gasteiger partial charge in [0.05, 0.1) is 5.56 Å². The van der Waals surface area contributed by atoms with Gasteiger partial charge in [0.15, 0.2) is 0 Å². The third kappa shape index (κ3) is 2.90. The first kappa shape index (κ1) is 15.8. The van der Waals surface area contributed by atoms with Crippen LogP contribution in [0.5, 0.6) is 0 Å². The van der Waals surface area contributed by atoms with Crippen LogP contribution in [0.1, 0.15) is 40.0 Å². The number of hydrogen-bond acceptors (Lipinski definition) is 5. The van der Waals surface area contributed by atoms with Gasteiger partial charge >= 0.3 is 0 Å². The summed E-state index contributed by atoms with van der Waals surface area (Å²) in [4.78, 5) is 17.9. The number of aliphatic imine (C=N–C) groups is 1. The Labute approximate surface area is 150 Å². The third-order valence-electron chi connectivity index (χ3n) is 4.48.